The lowest BCUT2D eigenvalue weighted by Crippen LogP contribution is -2.17. The molecule has 0 fully saturated rings. The van der Waals surface area contributed by atoms with Gasteiger partial charge in [0.2, 0.25) is 0 Å². The molecule has 5 nitrogen and oxygen atoms in total. The molecule has 0 saturated carbocycles. The van der Waals surface area contributed by atoms with Gasteiger partial charge in [0.05, 0.1) is 12.2 Å². The highest BCUT2D eigenvalue weighted by atomic mass is 35.5. The summed E-state index contributed by atoms with van der Waals surface area (Å²) in [6, 6.07) is 7.91. The van der Waals surface area contributed by atoms with E-state index in [0.29, 0.717) is 27.7 Å². The third kappa shape index (κ3) is 4.94. The minimum atomic E-state index is -0.829. The van der Waals surface area contributed by atoms with Gasteiger partial charge in [-0.2, -0.15) is 0 Å². The summed E-state index contributed by atoms with van der Waals surface area (Å²) in [6.45, 7) is 0.110. The summed E-state index contributed by atoms with van der Waals surface area (Å²) in [7, 11) is 0. The molecule has 0 spiro atoms. The number of aliphatic hydroxyl groups is 1. The van der Waals surface area contributed by atoms with E-state index in [2.05, 4.69) is 10.3 Å². The molecule has 0 bridgehead atoms. The van der Waals surface area contributed by atoms with Crippen LogP contribution < -0.4 is 4.74 Å². The van der Waals surface area contributed by atoms with Gasteiger partial charge in [0, 0.05) is 40.9 Å². The molecular formula is C18H15Cl2F2N3O2. The van der Waals surface area contributed by atoms with Crippen molar-refractivity contribution < 1.29 is 18.6 Å². The molecule has 1 aromatic heterocycles. The summed E-state index contributed by atoms with van der Waals surface area (Å²) in [4.78, 5) is 0. The zero-order valence-electron chi connectivity index (χ0n) is 13.9. The Morgan fingerprint density at radius 3 is 2.67 bits per heavy atom. The van der Waals surface area contributed by atoms with Gasteiger partial charge in [-0.1, -0.05) is 34.5 Å². The Morgan fingerprint density at radius 2 is 1.96 bits per heavy atom. The van der Waals surface area contributed by atoms with E-state index in [1.807, 2.05) is 0 Å². The quantitative estimate of drug-likeness (QED) is 0.629. The van der Waals surface area contributed by atoms with Gasteiger partial charge in [0.25, 0.3) is 0 Å². The molecule has 0 radical (unpaired) electrons. The highest BCUT2D eigenvalue weighted by Gasteiger charge is 2.21. The smallest absolute Gasteiger partial charge is 0.168 e. The largest absolute Gasteiger partial charge is 0.481 e. The number of benzene rings is 2. The Labute approximate surface area is 164 Å². The second-order valence-corrected chi connectivity index (χ2v) is 6.60. The van der Waals surface area contributed by atoms with Crippen LogP contribution in [0.5, 0.6) is 5.75 Å². The van der Waals surface area contributed by atoms with Gasteiger partial charge in [0.15, 0.2) is 11.6 Å². The summed E-state index contributed by atoms with van der Waals surface area (Å²) >= 11 is 12.2. The standard InChI is InChI=1S/C18H15Cl2F2N3O2/c19-11-1-3-14(15(20)7-11)18(10-25-9-13(5-6-26)23-24-25)27-17-4-2-12(21)8-16(17)22/h1-4,7-9,18,26H,5-6,10H2. The number of hydrogen-bond acceptors (Lipinski definition) is 4. The average molecular weight is 414 g/mol. The maximum absolute atomic E-state index is 14.1. The Bertz CT molecular complexity index is 937. The number of aliphatic hydroxyl groups excluding tert-OH is 1. The molecule has 27 heavy (non-hydrogen) atoms. The third-order valence-corrected chi connectivity index (χ3v) is 4.34. The Hall–Kier alpha value is -2.22. The molecule has 1 unspecified atom stereocenters. The van der Waals surface area contributed by atoms with E-state index in [1.54, 1.807) is 24.4 Å². The zero-order valence-corrected chi connectivity index (χ0v) is 15.5. The Balaban J connectivity index is 1.92. The van der Waals surface area contributed by atoms with Crippen LogP contribution in [0, 0.1) is 11.6 Å². The minimum absolute atomic E-state index is 0.0531. The highest BCUT2D eigenvalue weighted by molar-refractivity contribution is 6.35. The lowest BCUT2D eigenvalue weighted by atomic mass is 10.1. The number of hydrogen-bond donors (Lipinski definition) is 1. The van der Waals surface area contributed by atoms with Crippen molar-refractivity contribution in [2.24, 2.45) is 0 Å². The van der Waals surface area contributed by atoms with Crippen LogP contribution in [0.2, 0.25) is 10.0 Å². The zero-order chi connectivity index (χ0) is 19.4. The number of aromatic nitrogens is 3. The van der Waals surface area contributed by atoms with E-state index >= 15 is 0 Å². The summed E-state index contributed by atoms with van der Waals surface area (Å²) in [5.74, 6) is -1.65. The van der Waals surface area contributed by atoms with E-state index in [9.17, 15) is 8.78 Å². The van der Waals surface area contributed by atoms with Crippen LogP contribution >= 0.6 is 23.2 Å². The Morgan fingerprint density at radius 1 is 1.15 bits per heavy atom. The molecule has 0 amide bonds. The predicted octanol–water partition coefficient (Wildman–Crippen LogP) is 4.22. The molecule has 0 aliphatic carbocycles. The van der Waals surface area contributed by atoms with Crippen LogP contribution in [0.3, 0.4) is 0 Å². The van der Waals surface area contributed by atoms with E-state index in [0.717, 1.165) is 12.1 Å². The molecule has 9 heteroatoms. The van der Waals surface area contributed by atoms with Crippen LogP contribution in [-0.4, -0.2) is 26.7 Å². The maximum Gasteiger partial charge on any atom is 0.168 e. The van der Waals surface area contributed by atoms with Crippen molar-refractivity contribution >= 4 is 23.2 Å². The summed E-state index contributed by atoms with van der Waals surface area (Å²) in [6.07, 6.45) is 1.27. The number of halogens is 4. The summed E-state index contributed by atoms with van der Waals surface area (Å²) in [5.41, 5.74) is 1.16. The topological polar surface area (TPSA) is 60.2 Å². The molecule has 0 saturated heterocycles. The van der Waals surface area contributed by atoms with Crippen molar-refractivity contribution in [3.63, 3.8) is 0 Å². The van der Waals surface area contributed by atoms with E-state index in [1.165, 1.54) is 10.7 Å². The molecule has 1 atom stereocenters. The van der Waals surface area contributed by atoms with Crippen LogP contribution in [0.25, 0.3) is 0 Å². The van der Waals surface area contributed by atoms with Crippen molar-refractivity contribution in [1.29, 1.82) is 0 Å². The van der Waals surface area contributed by atoms with Crippen molar-refractivity contribution in [3.05, 3.63) is 75.5 Å². The lowest BCUT2D eigenvalue weighted by Gasteiger charge is -2.21. The monoisotopic (exact) mass is 413 g/mol. The predicted molar refractivity (Wildman–Crippen MR) is 97.0 cm³/mol. The fourth-order valence-electron chi connectivity index (χ4n) is 2.51. The van der Waals surface area contributed by atoms with Crippen molar-refractivity contribution in [3.8, 4) is 5.75 Å². The maximum atomic E-state index is 14.1. The summed E-state index contributed by atoms with van der Waals surface area (Å²) < 4.78 is 34.5. The molecule has 2 aromatic carbocycles. The van der Waals surface area contributed by atoms with Crippen LogP contribution in [-0.2, 0) is 13.0 Å². The number of nitrogens with zero attached hydrogens (tertiary/aromatic N) is 3. The van der Waals surface area contributed by atoms with Crippen LogP contribution in [0.1, 0.15) is 17.4 Å². The minimum Gasteiger partial charge on any atom is -0.481 e. The molecule has 3 aromatic rings. The van der Waals surface area contributed by atoms with Crippen molar-refractivity contribution in [2.45, 2.75) is 19.1 Å². The molecule has 0 aliphatic rings. The van der Waals surface area contributed by atoms with Gasteiger partial charge < -0.3 is 9.84 Å². The lowest BCUT2D eigenvalue weighted by molar-refractivity contribution is 0.169. The molecular weight excluding hydrogens is 399 g/mol. The second kappa shape index (κ2) is 8.65. The first-order valence-corrected chi connectivity index (χ1v) is 8.78. The van der Waals surface area contributed by atoms with Crippen molar-refractivity contribution in [2.75, 3.05) is 6.61 Å². The fourth-order valence-corrected chi connectivity index (χ4v) is 3.04. The van der Waals surface area contributed by atoms with Crippen LogP contribution in [0.15, 0.2) is 42.6 Å². The van der Waals surface area contributed by atoms with Gasteiger partial charge in [-0.3, -0.25) is 0 Å². The SMILES string of the molecule is OCCc1cn(CC(Oc2ccc(F)cc2F)c2ccc(Cl)cc2Cl)nn1. The molecule has 0 aliphatic heterocycles. The molecule has 1 N–H and O–H groups in total. The number of ether oxygens (including phenoxy) is 1. The van der Waals surface area contributed by atoms with Gasteiger partial charge in [-0.25, -0.2) is 13.5 Å². The first-order valence-electron chi connectivity index (χ1n) is 8.03. The summed E-state index contributed by atoms with van der Waals surface area (Å²) in [5, 5.41) is 17.7. The van der Waals surface area contributed by atoms with Crippen molar-refractivity contribution in [1.82, 2.24) is 15.0 Å². The molecule has 142 valence electrons. The van der Waals surface area contributed by atoms with E-state index < -0.39 is 17.7 Å². The Kier molecular flexibility index (Phi) is 6.26. The van der Waals surface area contributed by atoms with E-state index in [-0.39, 0.29) is 18.9 Å². The van der Waals surface area contributed by atoms with Crippen LogP contribution in [0.4, 0.5) is 8.78 Å². The third-order valence-electron chi connectivity index (χ3n) is 3.78. The van der Waals surface area contributed by atoms with Gasteiger partial charge in [-0.15, -0.1) is 5.10 Å². The average Bonchev–Trinajstić information content (AvgIpc) is 3.04. The second-order valence-electron chi connectivity index (χ2n) is 5.75. The van der Waals surface area contributed by atoms with Gasteiger partial charge >= 0.3 is 0 Å². The first-order chi connectivity index (χ1) is 13.0. The number of rotatable bonds is 7. The van der Waals surface area contributed by atoms with Gasteiger partial charge in [0.1, 0.15) is 11.9 Å². The molecule has 3 rings (SSSR count). The normalized spacial score (nSPS) is 12.2. The van der Waals surface area contributed by atoms with Gasteiger partial charge in [-0.05, 0) is 24.3 Å². The first kappa shape index (κ1) is 19.5. The molecule has 1 heterocycles. The highest BCUT2D eigenvalue weighted by Crippen LogP contribution is 2.32. The fraction of sp³-hybridized carbons (Fsp3) is 0.222. The van der Waals surface area contributed by atoms with E-state index in [4.69, 9.17) is 33.0 Å².